The molecule has 0 fully saturated rings. The van der Waals surface area contributed by atoms with Gasteiger partial charge in [-0.05, 0) is 43.7 Å². The molecule has 0 spiro atoms. The van der Waals surface area contributed by atoms with Crippen LogP contribution in [0.4, 0.5) is 5.69 Å². The first kappa shape index (κ1) is 13.6. The van der Waals surface area contributed by atoms with E-state index in [4.69, 9.17) is 5.26 Å². The first-order valence-corrected chi connectivity index (χ1v) is 6.13. The summed E-state index contributed by atoms with van der Waals surface area (Å²) >= 11 is 0. The number of anilines is 1. The highest BCUT2D eigenvalue weighted by molar-refractivity contribution is 6.06. The van der Waals surface area contributed by atoms with Crippen LogP contribution >= 0.6 is 0 Å². The number of carbonyl (C=O) groups is 1. The van der Waals surface area contributed by atoms with E-state index in [0.29, 0.717) is 22.4 Å². The number of hydrogen-bond donors (Lipinski definition) is 2. The maximum Gasteiger partial charge on any atom is 0.256 e. The highest BCUT2D eigenvalue weighted by Crippen LogP contribution is 2.22. The van der Waals surface area contributed by atoms with Crippen LogP contribution in [0.5, 0.6) is 5.75 Å². The third kappa shape index (κ3) is 2.62. The van der Waals surface area contributed by atoms with Crippen molar-refractivity contribution in [1.82, 2.24) is 0 Å². The highest BCUT2D eigenvalue weighted by Gasteiger charge is 2.12. The van der Waals surface area contributed by atoms with Crippen molar-refractivity contribution in [2.45, 2.75) is 13.8 Å². The first-order chi connectivity index (χ1) is 9.52. The van der Waals surface area contributed by atoms with E-state index < -0.39 is 0 Å². The Kier molecular flexibility index (Phi) is 3.72. The van der Waals surface area contributed by atoms with E-state index in [1.54, 1.807) is 37.3 Å². The Morgan fingerprint density at radius 3 is 2.70 bits per heavy atom. The van der Waals surface area contributed by atoms with Gasteiger partial charge in [0.15, 0.2) is 0 Å². The summed E-state index contributed by atoms with van der Waals surface area (Å²) in [5.74, 6) is -0.225. The number of amides is 1. The summed E-state index contributed by atoms with van der Waals surface area (Å²) in [6.45, 7) is 3.54. The molecule has 0 radical (unpaired) electrons. The number of nitrogens with one attached hydrogen (secondary N) is 1. The average molecular weight is 266 g/mol. The Bertz CT molecular complexity index is 715. The van der Waals surface area contributed by atoms with E-state index in [1.807, 2.05) is 13.0 Å². The minimum Gasteiger partial charge on any atom is -0.508 e. The zero-order chi connectivity index (χ0) is 14.7. The number of rotatable bonds is 2. The van der Waals surface area contributed by atoms with Gasteiger partial charge in [-0.2, -0.15) is 5.26 Å². The van der Waals surface area contributed by atoms with Crippen molar-refractivity contribution < 1.29 is 9.90 Å². The molecule has 4 heteroatoms. The second-order valence-electron chi connectivity index (χ2n) is 4.55. The number of hydrogen-bond acceptors (Lipinski definition) is 3. The van der Waals surface area contributed by atoms with Gasteiger partial charge < -0.3 is 10.4 Å². The number of aryl methyl sites for hydroxylation is 1. The Hall–Kier alpha value is -2.80. The van der Waals surface area contributed by atoms with E-state index >= 15 is 0 Å². The molecule has 0 heterocycles. The van der Waals surface area contributed by atoms with Crippen molar-refractivity contribution in [3.05, 3.63) is 58.7 Å². The lowest BCUT2D eigenvalue weighted by molar-refractivity contribution is 0.102. The van der Waals surface area contributed by atoms with Crippen molar-refractivity contribution in [3.63, 3.8) is 0 Å². The lowest BCUT2D eigenvalue weighted by atomic mass is 10.1. The molecule has 0 atom stereocenters. The van der Waals surface area contributed by atoms with Gasteiger partial charge in [0, 0.05) is 16.8 Å². The first-order valence-electron chi connectivity index (χ1n) is 6.13. The van der Waals surface area contributed by atoms with Crippen LogP contribution in [0.2, 0.25) is 0 Å². The summed E-state index contributed by atoms with van der Waals surface area (Å²) in [4.78, 5) is 12.2. The average Bonchev–Trinajstić information content (AvgIpc) is 2.44. The normalized spacial score (nSPS) is 9.85. The van der Waals surface area contributed by atoms with Crippen molar-refractivity contribution in [3.8, 4) is 11.8 Å². The monoisotopic (exact) mass is 266 g/mol. The van der Waals surface area contributed by atoms with Gasteiger partial charge in [0.2, 0.25) is 0 Å². The molecule has 1 amide bonds. The van der Waals surface area contributed by atoms with E-state index in [2.05, 4.69) is 5.32 Å². The van der Waals surface area contributed by atoms with Gasteiger partial charge in [-0.1, -0.05) is 12.1 Å². The summed E-state index contributed by atoms with van der Waals surface area (Å²) in [7, 11) is 0. The van der Waals surface area contributed by atoms with Crippen molar-refractivity contribution >= 4 is 11.6 Å². The number of carbonyl (C=O) groups excluding carboxylic acids is 1. The van der Waals surface area contributed by atoms with Gasteiger partial charge in [0.05, 0.1) is 11.6 Å². The standard InChI is InChI=1S/C16H14N2O2/c1-10-6-7-12(9-17)8-14(10)18-16(20)13-4-3-5-15(19)11(13)2/h3-8,19H,1-2H3,(H,18,20). The molecular weight excluding hydrogens is 252 g/mol. The summed E-state index contributed by atoms with van der Waals surface area (Å²) in [5, 5.41) is 21.3. The second kappa shape index (κ2) is 5.45. The van der Waals surface area contributed by atoms with Crippen molar-refractivity contribution in [2.75, 3.05) is 5.32 Å². The molecule has 0 bridgehead atoms. The maximum atomic E-state index is 12.2. The molecule has 100 valence electrons. The fourth-order valence-electron chi connectivity index (χ4n) is 1.89. The number of aromatic hydroxyl groups is 1. The van der Waals surface area contributed by atoms with Gasteiger partial charge in [-0.3, -0.25) is 4.79 Å². The van der Waals surface area contributed by atoms with Crippen LogP contribution in [0.25, 0.3) is 0 Å². The summed E-state index contributed by atoms with van der Waals surface area (Å²) in [5.41, 5.74) is 2.89. The Morgan fingerprint density at radius 2 is 2.00 bits per heavy atom. The fourth-order valence-corrected chi connectivity index (χ4v) is 1.89. The lowest BCUT2D eigenvalue weighted by Gasteiger charge is -2.11. The predicted molar refractivity (Wildman–Crippen MR) is 76.7 cm³/mol. The SMILES string of the molecule is Cc1ccc(C#N)cc1NC(=O)c1cccc(O)c1C. The van der Waals surface area contributed by atoms with E-state index in [9.17, 15) is 9.90 Å². The molecule has 0 aliphatic heterocycles. The zero-order valence-corrected chi connectivity index (χ0v) is 11.3. The van der Waals surface area contributed by atoms with E-state index in [1.165, 1.54) is 6.07 Å². The molecule has 20 heavy (non-hydrogen) atoms. The van der Waals surface area contributed by atoms with Crippen molar-refractivity contribution in [2.24, 2.45) is 0 Å². The molecule has 0 aliphatic rings. The summed E-state index contributed by atoms with van der Waals surface area (Å²) < 4.78 is 0. The largest absolute Gasteiger partial charge is 0.508 e. The van der Waals surface area contributed by atoms with E-state index in [-0.39, 0.29) is 11.7 Å². The Balaban J connectivity index is 2.33. The van der Waals surface area contributed by atoms with E-state index in [0.717, 1.165) is 5.56 Å². The van der Waals surface area contributed by atoms with Gasteiger partial charge in [-0.25, -0.2) is 0 Å². The van der Waals surface area contributed by atoms with Gasteiger partial charge in [0.25, 0.3) is 5.91 Å². The van der Waals surface area contributed by atoms with Gasteiger partial charge >= 0.3 is 0 Å². The second-order valence-corrected chi connectivity index (χ2v) is 4.55. The van der Waals surface area contributed by atoms with Gasteiger partial charge in [0.1, 0.15) is 5.75 Å². The minimum absolute atomic E-state index is 0.0835. The molecule has 0 unspecified atom stereocenters. The summed E-state index contributed by atoms with van der Waals surface area (Å²) in [6.07, 6.45) is 0. The Morgan fingerprint density at radius 1 is 1.25 bits per heavy atom. The third-order valence-electron chi connectivity index (χ3n) is 3.16. The molecule has 0 aliphatic carbocycles. The summed E-state index contributed by atoms with van der Waals surface area (Å²) in [6, 6.07) is 12.0. The van der Waals surface area contributed by atoms with Crippen LogP contribution in [-0.2, 0) is 0 Å². The van der Waals surface area contributed by atoms with Crippen molar-refractivity contribution in [1.29, 1.82) is 5.26 Å². The number of nitrogens with zero attached hydrogens (tertiary/aromatic N) is 1. The van der Waals surface area contributed by atoms with Gasteiger partial charge in [-0.15, -0.1) is 0 Å². The molecular formula is C16H14N2O2. The van der Waals surface area contributed by atoms with Crippen LogP contribution in [0.1, 0.15) is 27.0 Å². The van der Waals surface area contributed by atoms with Crippen LogP contribution in [0.3, 0.4) is 0 Å². The number of phenols is 1. The number of benzene rings is 2. The molecule has 2 rings (SSSR count). The smallest absolute Gasteiger partial charge is 0.256 e. The molecule has 0 saturated carbocycles. The third-order valence-corrected chi connectivity index (χ3v) is 3.16. The Labute approximate surface area is 117 Å². The molecule has 2 aromatic rings. The molecule has 4 nitrogen and oxygen atoms in total. The number of phenolic OH excluding ortho intramolecular Hbond substituents is 1. The quantitative estimate of drug-likeness (QED) is 0.877. The predicted octanol–water partition coefficient (Wildman–Crippen LogP) is 3.13. The topological polar surface area (TPSA) is 73.1 Å². The molecule has 2 N–H and O–H groups in total. The lowest BCUT2D eigenvalue weighted by Crippen LogP contribution is -2.14. The maximum absolute atomic E-state index is 12.2. The molecule has 0 saturated heterocycles. The molecule has 0 aromatic heterocycles. The highest BCUT2D eigenvalue weighted by atomic mass is 16.3. The number of nitriles is 1. The zero-order valence-electron chi connectivity index (χ0n) is 11.3. The van der Waals surface area contributed by atoms with Crippen LogP contribution < -0.4 is 5.32 Å². The van der Waals surface area contributed by atoms with Crippen LogP contribution in [0.15, 0.2) is 36.4 Å². The fraction of sp³-hybridized carbons (Fsp3) is 0.125. The minimum atomic E-state index is -0.309. The van der Waals surface area contributed by atoms with Crippen LogP contribution in [0, 0.1) is 25.2 Å². The molecule has 2 aromatic carbocycles. The van der Waals surface area contributed by atoms with Crippen LogP contribution in [-0.4, -0.2) is 11.0 Å².